The Balaban J connectivity index is 1.92. The van der Waals surface area contributed by atoms with E-state index in [0.717, 1.165) is 21.4 Å². The largest absolute Gasteiger partial charge is 0.478 e. The molecule has 4 aromatic rings. The van der Waals surface area contributed by atoms with Crippen LogP contribution in [0.4, 0.5) is 0 Å². The molecule has 0 saturated carbocycles. The molecule has 0 radical (unpaired) electrons. The summed E-state index contributed by atoms with van der Waals surface area (Å²) in [7, 11) is 1.96. The molecule has 0 amide bonds. The highest BCUT2D eigenvalue weighted by molar-refractivity contribution is 9.10. The molecule has 2 heterocycles. The van der Waals surface area contributed by atoms with Crippen LogP contribution in [0.3, 0.4) is 0 Å². The van der Waals surface area contributed by atoms with Crippen LogP contribution in [0, 0.1) is 0 Å². The molecule has 0 aliphatic heterocycles. The number of carboxylic acid groups (broad SMARTS) is 1. The van der Waals surface area contributed by atoms with Gasteiger partial charge < -0.3 is 9.67 Å². The normalized spacial score (nSPS) is 11.0. The quantitative estimate of drug-likeness (QED) is 0.497. The lowest BCUT2D eigenvalue weighted by atomic mass is 10.1. The topological polar surface area (TPSA) is 55.1 Å². The van der Waals surface area contributed by atoms with E-state index in [4.69, 9.17) is 4.98 Å². The third-order valence-corrected chi connectivity index (χ3v) is 4.95. The maximum atomic E-state index is 11.8. The van der Waals surface area contributed by atoms with Crippen LogP contribution in [0.1, 0.15) is 10.4 Å². The van der Waals surface area contributed by atoms with E-state index in [2.05, 4.69) is 15.9 Å². The monoisotopic (exact) mass is 406 g/mol. The highest BCUT2D eigenvalue weighted by Crippen LogP contribution is 2.30. The van der Waals surface area contributed by atoms with Crippen molar-refractivity contribution in [3.8, 4) is 22.6 Å². The third-order valence-electron chi connectivity index (χ3n) is 4.45. The van der Waals surface area contributed by atoms with Gasteiger partial charge in [0.1, 0.15) is 0 Å². The molecule has 0 unspecified atom stereocenters. The number of halogens is 1. The lowest BCUT2D eigenvalue weighted by Crippen LogP contribution is -2.02. The summed E-state index contributed by atoms with van der Waals surface area (Å²) in [6, 6.07) is 21.2. The SMILES string of the molecule is Cn1c(-c2ccccc2)ccc1-c1cc(C(=O)O)c2cc(Br)ccc2n1. The number of benzene rings is 2. The van der Waals surface area contributed by atoms with Crippen LogP contribution >= 0.6 is 15.9 Å². The number of nitrogens with zero attached hydrogens (tertiary/aromatic N) is 2. The number of hydrogen-bond donors (Lipinski definition) is 1. The molecule has 2 aromatic heterocycles. The Labute approximate surface area is 158 Å². The summed E-state index contributed by atoms with van der Waals surface area (Å²) >= 11 is 3.40. The lowest BCUT2D eigenvalue weighted by Gasteiger charge is -2.10. The molecule has 0 bridgehead atoms. The molecule has 5 heteroatoms. The molecule has 0 aliphatic rings. The zero-order chi connectivity index (χ0) is 18.3. The molecular weight excluding hydrogens is 392 g/mol. The molecule has 0 spiro atoms. The summed E-state index contributed by atoms with van der Waals surface area (Å²) in [6.07, 6.45) is 0. The van der Waals surface area contributed by atoms with E-state index in [1.54, 1.807) is 12.1 Å². The average Bonchev–Trinajstić information content (AvgIpc) is 3.03. The standard InChI is InChI=1S/C21H15BrN2O2/c1-24-19(13-5-3-2-4-6-13)9-10-20(24)18-12-16(21(25)26)15-11-14(22)7-8-17(15)23-18/h2-12H,1H3,(H,25,26). The van der Waals surface area contributed by atoms with Crippen molar-refractivity contribution in [3.05, 3.63) is 76.8 Å². The van der Waals surface area contributed by atoms with Gasteiger partial charge in [0.15, 0.2) is 0 Å². The molecule has 4 rings (SSSR count). The zero-order valence-electron chi connectivity index (χ0n) is 14.0. The summed E-state index contributed by atoms with van der Waals surface area (Å²) in [6.45, 7) is 0. The minimum atomic E-state index is -0.964. The molecule has 26 heavy (non-hydrogen) atoms. The minimum absolute atomic E-state index is 0.244. The van der Waals surface area contributed by atoms with Crippen LogP contribution in [0.25, 0.3) is 33.5 Å². The van der Waals surface area contributed by atoms with Gasteiger partial charge >= 0.3 is 5.97 Å². The number of hydrogen-bond acceptors (Lipinski definition) is 2. The Hall–Kier alpha value is -2.92. The van der Waals surface area contributed by atoms with E-state index in [1.165, 1.54) is 0 Å². The maximum absolute atomic E-state index is 11.8. The number of pyridine rings is 1. The summed E-state index contributed by atoms with van der Waals surface area (Å²) in [5, 5.41) is 10.3. The summed E-state index contributed by atoms with van der Waals surface area (Å²) < 4.78 is 2.86. The minimum Gasteiger partial charge on any atom is -0.478 e. The Bertz CT molecular complexity index is 1130. The molecule has 0 fully saturated rings. The smallest absolute Gasteiger partial charge is 0.336 e. The second-order valence-electron chi connectivity index (χ2n) is 6.05. The van der Waals surface area contributed by atoms with Crippen molar-refractivity contribution in [2.24, 2.45) is 7.05 Å². The summed E-state index contributed by atoms with van der Waals surface area (Å²) in [5.41, 5.74) is 4.57. The average molecular weight is 407 g/mol. The fourth-order valence-electron chi connectivity index (χ4n) is 3.17. The predicted octanol–water partition coefficient (Wildman–Crippen LogP) is 5.37. The van der Waals surface area contributed by atoms with Gasteiger partial charge in [-0.05, 0) is 42.0 Å². The first kappa shape index (κ1) is 16.5. The number of carboxylic acids is 1. The van der Waals surface area contributed by atoms with Crippen molar-refractivity contribution in [1.29, 1.82) is 0 Å². The van der Waals surface area contributed by atoms with Gasteiger partial charge in [-0.1, -0.05) is 46.3 Å². The van der Waals surface area contributed by atoms with Crippen LogP contribution in [0.2, 0.25) is 0 Å². The van der Waals surface area contributed by atoms with Crippen LogP contribution in [-0.4, -0.2) is 20.6 Å². The molecule has 4 nitrogen and oxygen atoms in total. The second-order valence-corrected chi connectivity index (χ2v) is 6.97. The van der Waals surface area contributed by atoms with Gasteiger partial charge in [-0.2, -0.15) is 0 Å². The number of fused-ring (bicyclic) bond motifs is 1. The van der Waals surface area contributed by atoms with Crippen molar-refractivity contribution >= 4 is 32.8 Å². The first-order chi connectivity index (χ1) is 12.5. The number of aromatic carboxylic acids is 1. The fourth-order valence-corrected chi connectivity index (χ4v) is 3.53. The molecule has 0 atom stereocenters. The zero-order valence-corrected chi connectivity index (χ0v) is 15.6. The van der Waals surface area contributed by atoms with E-state index >= 15 is 0 Å². The van der Waals surface area contributed by atoms with Crippen molar-refractivity contribution in [3.63, 3.8) is 0 Å². The predicted molar refractivity (Wildman–Crippen MR) is 106 cm³/mol. The van der Waals surface area contributed by atoms with E-state index in [1.807, 2.05) is 66.2 Å². The van der Waals surface area contributed by atoms with Crippen molar-refractivity contribution in [1.82, 2.24) is 9.55 Å². The second kappa shape index (κ2) is 6.42. The number of aromatic nitrogens is 2. The van der Waals surface area contributed by atoms with Gasteiger partial charge in [0.05, 0.1) is 22.5 Å². The Morgan fingerprint density at radius 1 is 1.00 bits per heavy atom. The molecule has 0 aliphatic carbocycles. The van der Waals surface area contributed by atoms with E-state index in [9.17, 15) is 9.90 Å². The highest BCUT2D eigenvalue weighted by Gasteiger charge is 2.16. The molecule has 0 saturated heterocycles. The fraction of sp³-hybridized carbons (Fsp3) is 0.0476. The molecular formula is C21H15BrN2O2. The molecule has 1 N–H and O–H groups in total. The van der Waals surface area contributed by atoms with Gasteiger partial charge in [-0.3, -0.25) is 0 Å². The molecule has 2 aromatic carbocycles. The number of rotatable bonds is 3. The highest BCUT2D eigenvalue weighted by atomic mass is 79.9. The molecule has 128 valence electrons. The van der Waals surface area contributed by atoms with Crippen molar-refractivity contribution in [2.75, 3.05) is 0 Å². The Morgan fingerprint density at radius 2 is 1.73 bits per heavy atom. The Morgan fingerprint density at radius 3 is 2.46 bits per heavy atom. The van der Waals surface area contributed by atoms with E-state index in [-0.39, 0.29) is 5.56 Å². The lowest BCUT2D eigenvalue weighted by molar-refractivity contribution is 0.0699. The first-order valence-electron chi connectivity index (χ1n) is 8.10. The van der Waals surface area contributed by atoms with Crippen molar-refractivity contribution < 1.29 is 9.90 Å². The van der Waals surface area contributed by atoms with Gasteiger partial charge in [-0.15, -0.1) is 0 Å². The van der Waals surface area contributed by atoms with E-state index < -0.39 is 5.97 Å². The summed E-state index contributed by atoms with van der Waals surface area (Å²) in [4.78, 5) is 16.5. The van der Waals surface area contributed by atoms with Gasteiger partial charge in [0, 0.05) is 22.6 Å². The van der Waals surface area contributed by atoms with Crippen molar-refractivity contribution in [2.45, 2.75) is 0 Å². The van der Waals surface area contributed by atoms with Gasteiger partial charge in [0.2, 0.25) is 0 Å². The van der Waals surface area contributed by atoms with Gasteiger partial charge in [-0.25, -0.2) is 9.78 Å². The van der Waals surface area contributed by atoms with Crippen LogP contribution in [0.15, 0.2) is 71.2 Å². The Kier molecular flexibility index (Phi) is 4.09. The number of carbonyl (C=O) groups is 1. The van der Waals surface area contributed by atoms with Crippen LogP contribution in [-0.2, 0) is 7.05 Å². The van der Waals surface area contributed by atoms with E-state index in [0.29, 0.717) is 16.6 Å². The third kappa shape index (κ3) is 2.80. The van der Waals surface area contributed by atoms with Gasteiger partial charge in [0.25, 0.3) is 0 Å². The van der Waals surface area contributed by atoms with Crippen LogP contribution in [0.5, 0.6) is 0 Å². The summed E-state index contributed by atoms with van der Waals surface area (Å²) in [5.74, 6) is -0.964. The first-order valence-corrected chi connectivity index (χ1v) is 8.89. The maximum Gasteiger partial charge on any atom is 0.336 e. The van der Waals surface area contributed by atoms with Crippen LogP contribution < -0.4 is 0 Å².